The molecule has 1 unspecified atom stereocenters. The minimum Gasteiger partial charge on any atom is -0.346 e. The molecule has 2 aromatic rings. The third-order valence-electron chi connectivity index (χ3n) is 3.58. The Morgan fingerprint density at radius 1 is 1.00 bits per heavy atom. The zero-order chi connectivity index (χ0) is 14.5. The van der Waals surface area contributed by atoms with Crippen LogP contribution in [0.5, 0.6) is 0 Å². The number of benzene rings is 2. The molecule has 108 valence electrons. The number of rotatable bonds is 3. The molecule has 0 aromatic heterocycles. The summed E-state index contributed by atoms with van der Waals surface area (Å²) in [6, 6.07) is 20.1. The first-order chi connectivity index (χ1) is 10.3. The maximum absolute atomic E-state index is 5.94. The second-order valence-electron chi connectivity index (χ2n) is 5.17. The van der Waals surface area contributed by atoms with Crippen LogP contribution in [0.3, 0.4) is 0 Å². The minimum absolute atomic E-state index is 0.0314. The summed E-state index contributed by atoms with van der Waals surface area (Å²) < 4.78 is 11.7. The summed E-state index contributed by atoms with van der Waals surface area (Å²) >= 11 is 0. The van der Waals surface area contributed by atoms with Gasteiger partial charge in [-0.1, -0.05) is 60.7 Å². The molecule has 1 aliphatic rings. The summed E-state index contributed by atoms with van der Waals surface area (Å²) in [5.41, 5.74) is 2.14. The van der Waals surface area contributed by atoms with Crippen molar-refractivity contribution in [3.8, 4) is 0 Å². The van der Waals surface area contributed by atoms with Gasteiger partial charge < -0.3 is 9.47 Å². The maximum Gasteiger partial charge on any atom is 0.184 e. The van der Waals surface area contributed by atoms with E-state index in [1.54, 1.807) is 0 Å². The van der Waals surface area contributed by atoms with Crippen LogP contribution in [-0.4, -0.2) is 25.0 Å². The van der Waals surface area contributed by atoms with Gasteiger partial charge in [0.25, 0.3) is 0 Å². The van der Waals surface area contributed by atoms with E-state index in [4.69, 9.17) is 9.47 Å². The van der Waals surface area contributed by atoms with E-state index in [1.807, 2.05) is 73.8 Å². The molecular formula is C18H19NO2. The molecule has 0 bridgehead atoms. The van der Waals surface area contributed by atoms with E-state index in [0.717, 1.165) is 11.1 Å². The molecule has 0 N–H and O–H groups in total. The molecule has 0 radical (unpaired) electrons. The molecule has 0 aliphatic carbocycles. The Kier molecular flexibility index (Phi) is 4.43. The number of nitrogens with zero attached hydrogens (tertiary/aromatic N) is 1. The van der Waals surface area contributed by atoms with Crippen LogP contribution in [0.25, 0.3) is 0 Å². The molecule has 0 saturated carbocycles. The van der Waals surface area contributed by atoms with Crippen molar-refractivity contribution in [1.82, 2.24) is 0 Å². The Bertz CT molecular complexity index is 583. The molecule has 1 fully saturated rings. The molecule has 1 heterocycles. The van der Waals surface area contributed by atoms with E-state index in [-0.39, 0.29) is 18.4 Å². The van der Waals surface area contributed by atoms with Gasteiger partial charge in [0.2, 0.25) is 0 Å². The zero-order valence-corrected chi connectivity index (χ0v) is 12.1. The van der Waals surface area contributed by atoms with Crippen LogP contribution < -0.4 is 0 Å². The summed E-state index contributed by atoms with van der Waals surface area (Å²) in [5.74, 6) is 0. The molecule has 3 atom stereocenters. The third-order valence-corrected chi connectivity index (χ3v) is 3.58. The van der Waals surface area contributed by atoms with Gasteiger partial charge in [-0.2, -0.15) is 0 Å². The lowest BCUT2D eigenvalue weighted by Crippen LogP contribution is -2.37. The van der Waals surface area contributed by atoms with Crippen LogP contribution >= 0.6 is 0 Å². The van der Waals surface area contributed by atoms with E-state index in [2.05, 4.69) is 4.99 Å². The highest BCUT2D eigenvalue weighted by Gasteiger charge is 2.29. The highest BCUT2D eigenvalue weighted by Crippen LogP contribution is 2.27. The second kappa shape index (κ2) is 6.66. The van der Waals surface area contributed by atoms with Gasteiger partial charge in [0.05, 0.1) is 18.8 Å². The fourth-order valence-corrected chi connectivity index (χ4v) is 2.32. The fourth-order valence-electron chi connectivity index (χ4n) is 2.32. The summed E-state index contributed by atoms with van der Waals surface area (Å²) in [6.45, 7) is 2.62. The predicted molar refractivity (Wildman–Crippen MR) is 83.5 cm³/mol. The lowest BCUT2D eigenvalue weighted by molar-refractivity contribution is -0.219. The number of aliphatic imine (C=N–C) groups is 1. The van der Waals surface area contributed by atoms with Crippen molar-refractivity contribution in [1.29, 1.82) is 0 Å². The van der Waals surface area contributed by atoms with Gasteiger partial charge in [-0.3, -0.25) is 4.99 Å². The van der Waals surface area contributed by atoms with E-state index in [1.165, 1.54) is 0 Å². The first-order valence-electron chi connectivity index (χ1n) is 7.23. The Morgan fingerprint density at radius 2 is 1.67 bits per heavy atom. The highest BCUT2D eigenvalue weighted by molar-refractivity contribution is 5.79. The van der Waals surface area contributed by atoms with E-state index in [9.17, 15) is 0 Å². The van der Waals surface area contributed by atoms with Crippen molar-refractivity contribution in [2.75, 3.05) is 6.61 Å². The van der Waals surface area contributed by atoms with Crippen LogP contribution in [0.4, 0.5) is 0 Å². The van der Waals surface area contributed by atoms with Crippen LogP contribution in [0.15, 0.2) is 65.7 Å². The number of hydrogen-bond donors (Lipinski definition) is 0. The Balaban J connectivity index is 1.63. The highest BCUT2D eigenvalue weighted by atomic mass is 16.7. The summed E-state index contributed by atoms with van der Waals surface area (Å²) in [7, 11) is 0. The average Bonchev–Trinajstić information content (AvgIpc) is 2.55. The summed E-state index contributed by atoms with van der Waals surface area (Å²) in [6.07, 6.45) is 1.63. The second-order valence-corrected chi connectivity index (χ2v) is 5.17. The standard InChI is InChI=1S/C18H19NO2/c1-14-17(19-12-15-8-4-2-5-9-15)13-20-18(21-14)16-10-6-3-7-11-16/h2-12,14,17-18H,13H2,1H3/b19-12+/t14-,17+,18?/m1/s1. The third kappa shape index (κ3) is 3.57. The number of ether oxygens (including phenoxy) is 2. The summed E-state index contributed by atoms with van der Waals surface area (Å²) in [4.78, 5) is 4.59. The normalized spacial score (nSPS) is 26.0. The molecule has 0 amide bonds. The van der Waals surface area contributed by atoms with E-state index in [0.29, 0.717) is 6.61 Å². The topological polar surface area (TPSA) is 30.8 Å². The molecular weight excluding hydrogens is 262 g/mol. The van der Waals surface area contributed by atoms with Gasteiger partial charge in [0.15, 0.2) is 6.29 Å². The SMILES string of the molecule is C[C@H]1OC(c2ccccc2)OC[C@@H]1/N=C/c1ccccc1. The van der Waals surface area contributed by atoms with Gasteiger partial charge in [-0.25, -0.2) is 0 Å². The minimum atomic E-state index is -0.288. The quantitative estimate of drug-likeness (QED) is 0.805. The molecule has 3 rings (SSSR count). The molecule has 1 aliphatic heterocycles. The molecule has 3 nitrogen and oxygen atoms in total. The van der Waals surface area contributed by atoms with Crippen molar-refractivity contribution in [3.05, 3.63) is 71.8 Å². The van der Waals surface area contributed by atoms with Gasteiger partial charge in [-0.05, 0) is 12.5 Å². The molecule has 2 aromatic carbocycles. The Labute approximate surface area is 125 Å². The maximum atomic E-state index is 5.94. The molecule has 21 heavy (non-hydrogen) atoms. The Morgan fingerprint density at radius 3 is 2.33 bits per heavy atom. The zero-order valence-electron chi connectivity index (χ0n) is 12.1. The number of hydrogen-bond acceptors (Lipinski definition) is 3. The molecule has 3 heteroatoms. The van der Waals surface area contributed by atoms with Crippen molar-refractivity contribution < 1.29 is 9.47 Å². The fraction of sp³-hybridized carbons (Fsp3) is 0.278. The first-order valence-corrected chi connectivity index (χ1v) is 7.23. The van der Waals surface area contributed by atoms with E-state index < -0.39 is 0 Å². The first kappa shape index (κ1) is 14.0. The van der Waals surface area contributed by atoms with Crippen LogP contribution in [-0.2, 0) is 9.47 Å². The van der Waals surface area contributed by atoms with Gasteiger partial charge >= 0.3 is 0 Å². The van der Waals surface area contributed by atoms with E-state index >= 15 is 0 Å². The molecule has 1 saturated heterocycles. The largest absolute Gasteiger partial charge is 0.346 e. The van der Waals surface area contributed by atoms with Gasteiger partial charge in [-0.15, -0.1) is 0 Å². The van der Waals surface area contributed by atoms with Crippen molar-refractivity contribution in [2.24, 2.45) is 4.99 Å². The van der Waals surface area contributed by atoms with Crippen LogP contribution in [0, 0.1) is 0 Å². The van der Waals surface area contributed by atoms with Crippen molar-refractivity contribution in [2.45, 2.75) is 25.4 Å². The monoisotopic (exact) mass is 281 g/mol. The lowest BCUT2D eigenvalue weighted by atomic mass is 10.1. The predicted octanol–water partition coefficient (Wildman–Crippen LogP) is 3.61. The van der Waals surface area contributed by atoms with Gasteiger partial charge in [0.1, 0.15) is 0 Å². The summed E-state index contributed by atoms with van der Waals surface area (Å²) in [5, 5.41) is 0. The smallest absolute Gasteiger partial charge is 0.184 e. The van der Waals surface area contributed by atoms with Crippen LogP contribution in [0.1, 0.15) is 24.3 Å². The van der Waals surface area contributed by atoms with Crippen molar-refractivity contribution >= 4 is 6.21 Å². The van der Waals surface area contributed by atoms with Crippen LogP contribution in [0.2, 0.25) is 0 Å². The Hall–Kier alpha value is -1.97. The van der Waals surface area contributed by atoms with Crippen molar-refractivity contribution in [3.63, 3.8) is 0 Å². The lowest BCUT2D eigenvalue weighted by Gasteiger charge is -2.32. The average molecular weight is 281 g/mol. The van der Waals surface area contributed by atoms with Gasteiger partial charge in [0, 0.05) is 11.8 Å². The molecule has 0 spiro atoms.